The van der Waals surface area contributed by atoms with Crippen LogP contribution in [0.2, 0.25) is 0 Å². The van der Waals surface area contributed by atoms with Crippen LogP contribution in [0.25, 0.3) is 0 Å². The normalized spacial score (nSPS) is 10.5. The number of ether oxygens (including phenoxy) is 1. The van der Waals surface area contributed by atoms with Crippen LogP contribution >= 0.6 is 11.8 Å². The monoisotopic (exact) mass is 305 g/mol. The summed E-state index contributed by atoms with van der Waals surface area (Å²) >= 11 is 1.27. The van der Waals surface area contributed by atoms with E-state index < -0.39 is 11.8 Å². The van der Waals surface area contributed by atoms with Crippen LogP contribution in [0.4, 0.5) is 10.1 Å². The van der Waals surface area contributed by atoms with E-state index in [0.717, 1.165) is 22.1 Å². The number of methoxy groups -OCH3 is 1. The van der Waals surface area contributed by atoms with Crippen LogP contribution in [0.5, 0.6) is 0 Å². The van der Waals surface area contributed by atoms with E-state index in [1.807, 2.05) is 32.0 Å². The average molecular weight is 305 g/mol. The Labute approximate surface area is 127 Å². The number of benzene rings is 2. The van der Waals surface area contributed by atoms with Crippen LogP contribution in [-0.4, -0.2) is 13.1 Å². The summed E-state index contributed by atoms with van der Waals surface area (Å²) in [5.74, 6) is -1.03. The number of rotatable bonds is 3. The zero-order chi connectivity index (χ0) is 15.6. The summed E-state index contributed by atoms with van der Waals surface area (Å²) in [5, 5.41) is 0. The molecule has 0 amide bonds. The molecule has 0 saturated carbocycles. The van der Waals surface area contributed by atoms with Gasteiger partial charge in [0.25, 0.3) is 0 Å². The average Bonchev–Trinajstić information content (AvgIpc) is 2.44. The summed E-state index contributed by atoms with van der Waals surface area (Å²) in [5.41, 5.74) is 8.04. The van der Waals surface area contributed by atoms with Gasteiger partial charge in [-0.3, -0.25) is 0 Å². The van der Waals surface area contributed by atoms with Crippen molar-refractivity contribution in [3.63, 3.8) is 0 Å². The molecule has 0 aliphatic carbocycles. The zero-order valence-electron chi connectivity index (χ0n) is 12.1. The smallest absolute Gasteiger partial charge is 0.339 e. The predicted molar refractivity (Wildman–Crippen MR) is 82.2 cm³/mol. The fraction of sp³-hybridized carbons (Fsp3) is 0.188. The van der Waals surface area contributed by atoms with Gasteiger partial charge in [0.05, 0.1) is 12.7 Å². The molecule has 0 bridgehead atoms. The van der Waals surface area contributed by atoms with Crippen molar-refractivity contribution in [3.05, 3.63) is 52.8 Å². The first kappa shape index (κ1) is 15.4. The SMILES string of the molecule is COC(=O)c1cc(Sc2cc(C)ccc2C)c(F)cc1N. The molecule has 0 fully saturated rings. The number of nitrogens with two attached hydrogens (primary N) is 1. The van der Waals surface area contributed by atoms with Crippen LogP contribution in [0, 0.1) is 19.7 Å². The number of hydrogen-bond donors (Lipinski definition) is 1. The molecule has 2 aromatic rings. The minimum Gasteiger partial charge on any atom is -0.465 e. The number of carbonyl (C=O) groups is 1. The first-order chi connectivity index (χ1) is 9.92. The van der Waals surface area contributed by atoms with Crippen molar-refractivity contribution < 1.29 is 13.9 Å². The number of hydrogen-bond acceptors (Lipinski definition) is 4. The fourth-order valence-corrected chi connectivity index (χ4v) is 2.91. The van der Waals surface area contributed by atoms with Gasteiger partial charge in [-0.1, -0.05) is 23.9 Å². The molecule has 0 saturated heterocycles. The maximum atomic E-state index is 14.1. The van der Waals surface area contributed by atoms with E-state index in [0.29, 0.717) is 4.90 Å². The standard InChI is InChI=1S/C16H16FNO2S/c1-9-4-5-10(2)14(6-9)21-15-7-11(16(19)20-3)13(18)8-12(15)17/h4-8H,18H2,1-3H3. The maximum Gasteiger partial charge on any atom is 0.339 e. The van der Waals surface area contributed by atoms with Crippen LogP contribution in [0.1, 0.15) is 21.5 Å². The number of esters is 1. The molecule has 0 aliphatic rings. The van der Waals surface area contributed by atoms with E-state index in [-0.39, 0.29) is 11.3 Å². The number of nitrogen functional groups attached to an aromatic ring is 1. The summed E-state index contributed by atoms with van der Waals surface area (Å²) in [6.45, 7) is 3.93. The van der Waals surface area contributed by atoms with Crippen molar-refractivity contribution >= 4 is 23.4 Å². The Balaban J connectivity index is 2.44. The van der Waals surface area contributed by atoms with Crippen molar-refractivity contribution in [1.82, 2.24) is 0 Å². The van der Waals surface area contributed by atoms with E-state index in [1.165, 1.54) is 24.9 Å². The molecule has 21 heavy (non-hydrogen) atoms. The Kier molecular flexibility index (Phi) is 4.53. The predicted octanol–water partition coefficient (Wildman–Crippen LogP) is 3.96. The third kappa shape index (κ3) is 3.36. The lowest BCUT2D eigenvalue weighted by Gasteiger charge is -2.10. The molecule has 110 valence electrons. The third-order valence-electron chi connectivity index (χ3n) is 3.07. The van der Waals surface area contributed by atoms with Crippen molar-refractivity contribution in [1.29, 1.82) is 0 Å². The van der Waals surface area contributed by atoms with Gasteiger partial charge in [0.1, 0.15) is 5.82 Å². The highest BCUT2D eigenvalue weighted by molar-refractivity contribution is 7.99. The third-order valence-corrected chi connectivity index (χ3v) is 4.27. The molecule has 5 heteroatoms. The highest BCUT2D eigenvalue weighted by Gasteiger charge is 2.16. The first-order valence-corrected chi connectivity index (χ1v) is 7.16. The van der Waals surface area contributed by atoms with Gasteiger partial charge in [-0.15, -0.1) is 0 Å². The Morgan fingerprint density at radius 3 is 2.57 bits per heavy atom. The Morgan fingerprint density at radius 2 is 1.90 bits per heavy atom. The molecule has 2 rings (SSSR count). The molecule has 3 nitrogen and oxygen atoms in total. The van der Waals surface area contributed by atoms with E-state index in [9.17, 15) is 9.18 Å². The summed E-state index contributed by atoms with van der Waals surface area (Å²) in [7, 11) is 1.27. The molecule has 0 spiro atoms. The Bertz CT molecular complexity index is 701. The van der Waals surface area contributed by atoms with E-state index in [4.69, 9.17) is 5.73 Å². The van der Waals surface area contributed by atoms with Gasteiger partial charge in [-0.25, -0.2) is 9.18 Å². The lowest BCUT2D eigenvalue weighted by Crippen LogP contribution is -2.06. The zero-order valence-corrected chi connectivity index (χ0v) is 12.9. The second-order valence-electron chi connectivity index (χ2n) is 4.73. The van der Waals surface area contributed by atoms with E-state index >= 15 is 0 Å². The van der Waals surface area contributed by atoms with Crippen molar-refractivity contribution in [2.45, 2.75) is 23.6 Å². The van der Waals surface area contributed by atoms with Gasteiger partial charge in [0.15, 0.2) is 0 Å². The quantitative estimate of drug-likeness (QED) is 0.689. The van der Waals surface area contributed by atoms with Crippen LogP contribution in [0.3, 0.4) is 0 Å². The molecular weight excluding hydrogens is 289 g/mol. The summed E-state index contributed by atoms with van der Waals surface area (Å²) < 4.78 is 18.7. The van der Waals surface area contributed by atoms with Crippen LogP contribution < -0.4 is 5.73 Å². The molecule has 2 aromatic carbocycles. The summed E-state index contributed by atoms with van der Waals surface area (Å²) in [6.07, 6.45) is 0. The molecular formula is C16H16FNO2S. The second-order valence-corrected chi connectivity index (χ2v) is 5.82. The van der Waals surface area contributed by atoms with Crippen molar-refractivity contribution in [2.24, 2.45) is 0 Å². The highest BCUT2D eigenvalue weighted by atomic mass is 32.2. The topological polar surface area (TPSA) is 52.3 Å². The Morgan fingerprint density at radius 1 is 1.19 bits per heavy atom. The molecule has 0 aliphatic heterocycles. The first-order valence-electron chi connectivity index (χ1n) is 6.35. The van der Waals surface area contributed by atoms with Gasteiger partial charge in [0.2, 0.25) is 0 Å². The van der Waals surface area contributed by atoms with Crippen LogP contribution in [0.15, 0.2) is 40.1 Å². The van der Waals surface area contributed by atoms with Crippen molar-refractivity contribution in [2.75, 3.05) is 12.8 Å². The van der Waals surface area contributed by atoms with Gasteiger partial charge in [0, 0.05) is 15.5 Å². The number of anilines is 1. The molecule has 0 atom stereocenters. The highest BCUT2D eigenvalue weighted by Crippen LogP contribution is 2.34. The molecule has 0 unspecified atom stereocenters. The fourth-order valence-electron chi connectivity index (χ4n) is 1.87. The summed E-state index contributed by atoms with van der Waals surface area (Å²) in [4.78, 5) is 12.9. The second kappa shape index (κ2) is 6.18. The maximum absolute atomic E-state index is 14.1. The van der Waals surface area contributed by atoms with Gasteiger partial charge in [-0.05, 0) is 43.2 Å². The number of halogens is 1. The Hall–Kier alpha value is -2.01. The largest absolute Gasteiger partial charge is 0.465 e. The lowest BCUT2D eigenvalue weighted by molar-refractivity contribution is 0.0601. The van der Waals surface area contributed by atoms with E-state index in [1.54, 1.807) is 0 Å². The minimum absolute atomic E-state index is 0.0738. The molecule has 0 radical (unpaired) electrons. The van der Waals surface area contributed by atoms with Gasteiger partial charge < -0.3 is 10.5 Å². The van der Waals surface area contributed by atoms with Gasteiger partial charge >= 0.3 is 5.97 Å². The minimum atomic E-state index is -0.574. The lowest BCUT2D eigenvalue weighted by atomic mass is 10.2. The van der Waals surface area contributed by atoms with Gasteiger partial charge in [-0.2, -0.15) is 0 Å². The summed E-state index contributed by atoms with van der Waals surface area (Å²) in [6, 6.07) is 8.54. The van der Waals surface area contributed by atoms with Crippen molar-refractivity contribution in [3.8, 4) is 0 Å². The van der Waals surface area contributed by atoms with Crippen LogP contribution in [-0.2, 0) is 4.74 Å². The number of carbonyl (C=O) groups excluding carboxylic acids is 1. The molecule has 0 heterocycles. The number of aryl methyl sites for hydroxylation is 2. The van der Waals surface area contributed by atoms with E-state index in [2.05, 4.69) is 4.74 Å². The molecule has 2 N–H and O–H groups in total. The molecule has 0 aromatic heterocycles.